The molecule has 0 bridgehead atoms. The van der Waals surface area contributed by atoms with Crippen molar-refractivity contribution < 1.29 is 0 Å². The van der Waals surface area contributed by atoms with Gasteiger partial charge < -0.3 is 10.2 Å². The topological polar surface area (TPSA) is 41.1 Å². The summed E-state index contributed by atoms with van der Waals surface area (Å²) in [5, 5.41) is 5.54. The summed E-state index contributed by atoms with van der Waals surface area (Å²) >= 11 is 1.77. The first kappa shape index (κ1) is 12.6. The lowest BCUT2D eigenvalue weighted by Gasteiger charge is -2.16. The van der Waals surface area contributed by atoms with Crippen LogP contribution in [0, 0.1) is 0 Å². The summed E-state index contributed by atoms with van der Waals surface area (Å²) in [7, 11) is 2.05. The van der Waals surface area contributed by atoms with Gasteiger partial charge in [0.25, 0.3) is 0 Å². The highest BCUT2D eigenvalue weighted by Gasteiger charge is 2.20. The molecular weight excluding hydrogens is 256 g/mol. The first-order chi connectivity index (χ1) is 9.31. The minimum Gasteiger partial charge on any atom is -0.353 e. The van der Waals surface area contributed by atoms with Crippen LogP contribution in [0.15, 0.2) is 29.9 Å². The second kappa shape index (κ2) is 5.67. The fourth-order valence-electron chi connectivity index (χ4n) is 1.89. The van der Waals surface area contributed by atoms with Crippen molar-refractivity contribution in [1.29, 1.82) is 0 Å². The van der Waals surface area contributed by atoms with E-state index in [1.54, 1.807) is 11.3 Å². The Morgan fingerprint density at radius 3 is 2.89 bits per heavy atom. The van der Waals surface area contributed by atoms with Crippen LogP contribution in [-0.4, -0.2) is 23.1 Å². The minimum atomic E-state index is 0.711. The van der Waals surface area contributed by atoms with Crippen molar-refractivity contribution in [3.8, 4) is 0 Å². The zero-order valence-electron chi connectivity index (χ0n) is 11.0. The molecule has 19 heavy (non-hydrogen) atoms. The predicted octanol–water partition coefficient (Wildman–Crippen LogP) is 2.43. The van der Waals surface area contributed by atoms with Gasteiger partial charge >= 0.3 is 0 Å². The minimum absolute atomic E-state index is 0.711. The van der Waals surface area contributed by atoms with Crippen molar-refractivity contribution in [3.05, 3.63) is 40.5 Å². The van der Waals surface area contributed by atoms with Crippen molar-refractivity contribution >= 4 is 17.2 Å². The summed E-state index contributed by atoms with van der Waals surface area (Å²) < 4.78 is 0. The van der Waals surface area contributed by atoms with Crippen molar-refractivity contribution in [1.82, 2.24) is 15.3 Å². The van der Waals surface area contributed by atoms with Crippen molar-refractivity contribution in [2.45, 2.75) is 32.0 Å². The molecule has 0 aliphatic heterocycles. The van der Waals surface area contributed by atoms with Gasteiger partial charge in [-0.3, -0.25) is 4.98 Å². The Morgan fingerprint density at radius 1 is 1.37 bits per heavy atom. The van der Waals surface area contributed by atoms with E-state index in [1.807, 2.05) is 19.4 Å². The number of nitrogens with one attached hydrogen (secondary N) is 1. The average molecular weight is 274 g/mol. The molecule has 0 amide bonds. The molecule has 4 nitrogen and oxygen atoms in total. The molecule has 0 radical (unpaired) electrons. The molecule has 1 aliphatic carbocycles. The molecule has 0 atom stereocenters. The third-order valence-electron chi connectivity index (χ3n) is 3.21. The molecule has 2 heterocycles. The van der Waals surface area contributed by atoms with Gasteiger partial charge in [0.1, 0.15) is 5.82 Å². The van der Waals surface area contributed by atoms with E-state index in [0.717, 1.165) is 24.6 Å². The quantitative estimate of drug-likeness (QED) is 0.878. The molecule has 0 aromatic carbocycles. The van der Waals surface area contributed by atoms with Crippen LogP contribution in [0.25, 0.3) is 0 Å². The van der Waals surface area contributed by atoms with Crippen LogP contribution in [0.5, 0.6) is 0 Å². The van der Waals surface area contributed by atoms with Crippen LogP contribution in [0.2, 0.25) is 0 Å². The molecule has 0 unspecified atom stereocenters. The number of thiophene rings is 1. The maximum atomic E-state index is 4.49. The molecule has 1 N–H and O–H groups in total. The second-order valence-electron chi connectivity index (χ2n) is 4.96. The van der Waals surface area contributed by atoms with E-state index in [2.05, 4.69) is 37.7 Å². The first-order valence-corrected chi connectivity index (χ1v) is 7.47. The molecule has 1 fully saturated rings. The van der Waals surface area contributed by atoms with Gasteiger partial charge in [0.15, 0.2) is 0 Å². The van der Waals surface area contributed by atoms with Gasteiger partial charge in [0.05, 0.1) is 24.6 Å². The van der Waals surface area contributed by atoms with Crippen LogP contribution in [-0.2, 0) is 13.1 Å². The zero-order valence-corrected chi connectivity index (χ0v) is 11.9. The van der Waals surface area contributed by atoms with Gasteiger partial charge in [-0.05, 0) is 24.3 Å². The van der Waals surface area contributed by atoms with Crippen molar-refractivity contribution in [2.75, 3.05) is 11.9 Å². The highest BCUT2D eigenvalue weighted by Crippen LogP contribution is 2.19. The van der Waals surface area contributed by atoms with Gasteiger partial charge in [-0.2, -0.15) is 0 Å². The van der Waals surface area contributed by atoms with E-state index in [0.29, 0.717) is 6.04 Å². The summed E-state index contributed by atoms with van der Waals surface area (Å²) in [6.45, 7) is 1.71. The highest BCUT2D eigenvalue weighted by atomic mass is 32.1. The predicted molar refractivity (Wildman–Crippen MR) is 78.3 cm³/mol. The van der Waals surface area contributed by atoms with E-state index in [9.17, 15) is 0 Å². The third-order valence-corrected chi connectivity index (χ3v) is 4.07. The normalized spacial score (nSPS) is 14.6. The largest absolute Gasteiger partial charge is 0.353 e. The Hall–Kier alpha value is -1.46. The molecule has 1 saturated carbocycles. The molecule has 100 valence electrons. The Bertz CT molecular complexity index is 505. The van der Waals surface area contributed by atoms with E-state index >= 15 is 0 Å². The van der Waals surface area contributed by atoms with Crippen LogP contribution in [0.4, 0.5) is 5.82 Å². The molecular formula is C14H18N4S. The summed E-state index contributed by atoms with van der Waals surface area (Å²) in [5.41, 5.74) is 1.01. The van der Waals surface area contributed by atoms with Gasteiger partial charge in [-0.15, -0.1) is 11.3 Å². The Balaban J connectivity index is 1.57. The SMILES string of the molecule is CN(Cc1cccs1)c1cnc(CNC2CC2)cn1. The number of rotatable bonds is 6. The van der Waals surface area contributed by atoms with Crippen molar-refractivity contribution in [3.63, 3.8) is 0 Å². The fraction of sp³-hybridized carbons (Fsp3) is 0.429. The number of anilines is 1. The lowest BCUT2D eigenvalue weighted by atomic mass is 10.4. The molecule has 2 aromatic rings. The molecule has 0 saturated heterocycles. The summed E-state index contributed by atoms with van der Waals surface area (Å²) in [6, 6.07) is 4.93. The van der Waals surface area contributed by atoms with E-state index in [4.69, 9.17) is 0 Å². The molecule has 2 aromatic heterocycles. The molecule has 5 heteroatoms. The third kappa shape index (κ3) is 3.52. The van der Waals surface area contributed by atoms with Crippen LogP contribution >= 0.6 is 11.3 Å². The molecule has 0 spiro atoms. The Labute approximate surface area is 117 Å². The summed E-state index contributed by atoms with van der Waals surface area (Å²) in [6.07, 6.45) is 6.33. The standard InChI is InChI=1S/C14H18N4S/c1-18(10-13-3-2-6-19-13)14-9-16-12(8-17-14)7-15-11-4-5-11/h2-3,6,8-9,11,15H,4-5,7,10H2,1H3. The monoisotopic (exact) mass is 274 g/mol. The van der Waals surface area contributed by atoms with E-state index in [1.165, 1.54) is 17.7 Å². The second-order valence-corrected chi connectivity index (χ2v) is 5.99. The van der Waals surface area contributed by atoms with Crippen LogP contribution < -0.4 is 10.2 Å². The lowest BCUT2D eigenvalue weighted by molar-refractivity contribution is 0.671. The number of nitrogens with zero attached hydrogens (tertiary/aromatic N) is 3. The average Bonchev–Trinajstić information content (AvgIpc) is 3.13. The number of hydrogen-bond donors (Lipinski definition) is 1. The van der Waals surface area contributed by atoms with Crippen LogP contribution in [0.3, 0.4) is 0 Å². The maximum Gasteiger partial charge on any atom is 0.147 e. The van der Waals surface area contributed by atoms with Crippen molar-refractivity contribution in [2.24, 2.45) is 0 Å². The number of hydrogen-bond acceptors (Lipinski definition) is 5. The van der Waals surface area contributed by atoms with Gasteiger partial charge in [0.2, 0.25) is 0 Å². The fourth-order valence-corrected chi connectivity index (χ4v) is 2.65. The summed E-state index contributed by atoms with van der Waals surface area (Å²) in [5.74, 6) is 0.920. The Kier molecular flexibility index (Phi) is 3.75. The van der Waals surface area contributed by atoms with E-state index < -0.39 is 0 Å². The Morgan fingerprint density at radius 2 is 2.26 bits per heavy atom. The highest BCUT2D eigenvalue weighted by molar-refractivity contribution is 7.09. The summed E-state index contributed by atoms with van der Waals surface area (Å²) in [4.78, 5) is 12.4. The van der Waals surface area contributed by atoms with E-state index in [-0.39, 0.29) is 0 Å². The van der Waals surface area contributed by atoms with Gasteiger partial charge in [0, 0.05) is 24.5 Å². The lowest BCUT2D eigenvalue weighted by Crippen LogP contribution is -2.19. The zero-order chi connectivity index (χ0) is 13.1. The molecule has 1 aliphatic rings. The van der Waals surface area contributed by atoms with Gasteiger partial charge in [-0.1, -0.05) is 6.07 Å². The smallest absolute Gasteiger partial charge is 0.147 e. The first-order valence-electron chi connectivity index (χ1n) is 6.59. The van der Waals surface area contributed by atoms with Gasteiger partial charge in [-0.25, -0.2) is 4.98 Å². The molecule has 3 rings (SSSR count). The number of aromatic nitrogens is 2. The van der Waals surface area contributed by atoms with Crippen LogP contribution in [0.1, 0.15) is 23.4 Å². The maximum absolute atomic E-state index is 4.49.